The van der Waals surface area contributed by atoms with E-state index in [0.717, 1.165) is 11.6 Å². The third-order valence-corrected chi connectivity index (χ3v) is 9.12. The first-order valence-electron chi connectivity index (χ1n) is 17.1. The lowest BCUT2D eigenvalue weighted by molar-refractivity contribution is -0.376. The molecule has 0 spiro atoms. The Hall–Kier alpha value is -3.57. The van der Waals surface area contributed by atoms with Crippen LogP contribution in [-0.4, -0.2) is 169 Å². The molecule has 10 N–H and O–H groups in total. The van der Waals surface area contributed by atoms with E-state index in [0.29, 0.717) is 5.56 Å². The van der Waals surface area contributed by atoms with Gasteiger partial charge in [-0.3, -0.25) is 0 Å². The maximum Gasteiger partial charge on any atom is 0.331 e. The van der Waals surface area contributed by atoms with Crippen molar-refractivity contribution in [2.75, 3.05) is 19.8 Å². The summed E-state index contributed by atoms with van der Waals surface area (Å²) in [5.41, 5.74) is 1.26. The Labute approximate surface area is 309 Å². The van der Waals surface area contributed by atoms with E-state index in [-0.39, 0.29) is 18.1 Å². The average molecular weight is 767 g/mol. The Balaban J connectivity index is 1.32. The van der Waals surface area contributed by atoms with E-state index in [2.05, 4.69) is 0 Å². The van der Waals surface area contributed by atoms with Crippen LogP contribution in [0, 0.1) is 0 Å². The van der Waals surface area contributed by atoms with Crippen LogP contribution in [0.1, 0.15) is 18.1 Å². The van der Waals surface area contributed by atoms with Gasteiger partial charge in [0.25, 0.3) is 0 Å². The van der Waals surface area contributed by atoms with Crippen LogP contribution in [0.5, 0.6) is 11.5 Å². The second kappa shape index (κ2) is 18.8. The number of aliphatic hydroxyl groups is 8. The van der Waals surface area contributed by atoms with Gasteiger partial charge in [0.1, 0.15) is 72.5 Å². The Morgan fingerprint density at radius 3 is 1.78 bits per heavy atom. The van der Waals surface area contributed by atoms with Gasteiger partial charge in [0, 0.05) is 6.08 Å². The summed E-state index contributed by atoms with van der Waals surface area (Å²) in [4.78, 5) is 13.0. The van der Waals surface area contributed by atoms with Crippen LogP contribution in [0.25, 0.3) is 12.2 Å². The average Bonchev–Trinajstić information content (AvgIpc) is 3.16. The molecule has 3 aliphatic rings. The number of carbonyl (C=O) groups excluding carboxylic acids is 1. The minimum absolute atomic E-state index is 0.0137. The van der Waals surface area contributed by atoms with Crippen molar-refractivity contribution in [1.29, 1.82) is 0 Å². The van der Waals surface area contributed by atoms with E-state index >= 15 is 0 Å². The number of phenols is 2. The molecule has 3 fully saturated rings. The molecule has 18 heteroatoms. The normalized spacial score (nSPS) is 37.5. The summed E-state index contributed by atoms with van der Waals surface area (Å²) in [5.74, 6) is -0.849. The summed E-state index contributed by atoms with van der Waals surface area (Å²) >= 11 is 0. The number of ether oxygens (including phenoxy) is 7. The third-order valence-electron chi connectivity index (χ3n) is 9.12. The summed E-state index contributed by atoms with van der Waals surface area (Å²) in [6.45, 7) is -0.197. The maximum atomic E-state index is 13.0. The van der Waals surface area contributed by atoms with Gasteiger partial charge in [-0.25, -0.2) is 4.79 Å². The maximum absolute atomic E-state index is 13.0. The Bertz CT molecular complexity index is 1540. The number of benzene rings is 2. The minimum atomic E-state index is -1.92. The highest BCUT2D eigenvalue weighted by atomic mass is 16.8. The zero-order valence-electron chi connectivity index (χ0n) is 28.9. The van der Waals surface area contributed by atoms with Gasteiger partial charge < -0.3 is 84.2 Å². The van der Waals surface area contributed by atoms with Crippen LogP contribution in [-0.2, 0) is 38.0 Å². The molecule has 15 unspecified atom stereocenters. The van der Waals surface area contributed by atoms with Gasteiger partial charge in [0.05, 0.1) is 25.9 Å². The molecule has 0 aliphatic carbocycles. The number of aliphatic hydroxyl groups excluding tert-OH is 8. The van der Waals surface area contributed by atoms with Crippen LogP contribution < -0.4 is 0 Å². The monoisotopic (exact) mass is 766 g/mol. The Morgan fingerprint density at radius 2 is 1.17 bits per heavy atom. The summed E-state index contributed by atoms with van der Waals surface area (Å²) in [5, 5.41) is 103. The van der Waals surface area contributed by atoms with E-state index < -0.39 is 111 Å². The van der Waals surface area contributed by atoms with Crippen molar-refractivity contribution in [2.45, 2.75) is 99.0 Å². The number of hydrogen-bond acceptors (Lipinski definition) is 18. The molecular formula is C36H46O18. The Kier molecular flexibility index (Phi) is 14.5. The molecule has 3 aliphatic heterocycles. The highest BCUT2D eigenvalue weighted by Gasteiger charge is 2.54. The molecule has 3 heterocycles. The molecular weight excluding hydrogens is 720 g/mol. The molecule has 298 valence electrons. The van der Waals surface area contributed by atoms with Crippen molar-refractivity contribution in [3.8, 4) is 11.5 Å². The van der Waals surface area contributed by atoms with Crippen LogP contribution >= 0.6 is 0 Å². The van der Waals surface area contributed by atoms with Crippen LogP contribution in [0.4, 0.5) is 0 Å². The fourth-order valence-corrected chi connectivity index (χ4v) is 6.12. The van der Waals surface area contributed by atoms with Gasteiger partial charge in [0.15, 0.2) is 25.0 Å². The summed E-state index contributed by atoms with van der Waals surface area (Å²) in [6, 6.07) is 12.2. The molecule has 0 amide bonds. The minimum Gasteiger partial charge on any atom is -0.508 e. The number of aromatic hydroxyl groups is 2. The number of hydrogen-bond donors (Lipinski definition) is 10. The highest BCUT2D eigenvalue weighted by molar-refractivity contribution is 5.87. The van der Waals surface area contributed by atoms with E-state index in [1.165, 1.54) is 49.4 Å². The van der Waals surface area contributed by atoms with Gasteiger partial charge >= 0.3 is 5.97 Å². The number of rotatable bonds is 13. The van der Waals surface area contributed by atoms with E-state index in [1.54, 1.807) is 24.3 Å². The first-order valence-corrected chi connectivity index (χ1v) is 17.1. The van der Waals surface area contributed by atoms with Crippen molar-refractivity contribution >= 4 is 18.1 Å². The second-order valence-corrected chi connectivity index (χ2v) is 13.0. The first kappa shape index (κ1) is 41.6. The van der Waals surface area contributed by atoms with E-state index in [1.807, 2.05) is 0 Å². The van der Waals surface area contributed by atoms with Gasteiger partial charge in [-0.05, 0) is 48.4 Å². The van der Waals surface area contributed by atoms with Gasteiger partial charge in [-0.2, -0.15) is 0 Å². The molecule has 0 bridgehead atoms. The summed E-state index contributed by atoms with van der Waals surface area (Å²) < 4.78 is 40.0. The fraction of sp³-hybridized carbons (Fsp3) is 0.528. The van der Waals surface area contributed by atoms with E-state index in [4.69, 9.17) is 33.2 Å². The lowest BCUT2D eigenvalue weighted by Gasteiger charge is -2.48. The SMILES string of the molecule is CC1OC(OC2C(O)C(OCC=Cc3ccc(O)cc3)OC(CO)C2OC(=O)C=Cc2ccc(O)cc2)C(O)C(O)C1OC1OC(CO)C(O)C(O)C1O. The predicted molar refractivity (Wildman–Crippen MR) is 182 cm³/mol. The summed E-state index contributed by atoms with van der Waals surface area (Å²) in [7, 11) is 0. The van der Waals surface area contributed by atoms with Crippen molar-refractivity contribution in [1.82, 2.24) is 0 Å². The number of carbonyl (C=O) groups is 1. The standard InChI is InChI=1S/C36H46O18/c1-17-31(53-36-28(45)26(43)25(42)22(15-37)50-36)27(44)29(46)35(49-17)54-33-30(47)34(48-14-2-3-18-4-9-20(39)10-5-18)51-23(16-38)32(33)52-24(41)13-8-19-6-11-21(40)12-7-19/h2-13,17,22-23,25-40,42-47H,14-16H2,1H3. The molecule has 5 rings (SSSR count). The molecule has 0 aromatic heterocycles. The molecule has 0 saturated carbocycles. The molecule has 54 heavy (non-hydrogen) atoms. The number of esters is 1. The molecule has 2 aromatic carbocycles. The fourth-order valence-electron chi connectivity index (χ4n) is 6.12. The van der Waals surface area contributed by atoms with Crippen LogP contribution in [0.3, 0.4) is 0 Å². The molecule has 0 radical (unpaired) electrons. The van der Waals surface area contributed by atoms with Crippen molar-refractivity contribution in [3.05, 3.63) is 71.8 Å². The lowest BCUT2D eigenvalue weighted by atomic mass is 9.96. The zero-order valence-corrected chi connectivity index (χ0v) is 28.9. The van der Waals surface area contributed by atoms with Gasteiger partial charge in [-0.1, -0.05) is 36.4 Å². The van der Waals surface area contributed by atoms with Crippen molar-refractivity contribution < 1.29 is 89.0 Å². The Morgan fingerprint density at radius 1 is 0.630 bits per heavy atom. The zero-order chi connectivity index (χ0) is 39.1. The first-order chi connectivity index (χ1) is 25.8. The summed E-state index contributed by atoms with van der Waals surface area (Å²) in [6.07, 6.45) is -18.3. The molecule has 2 aromatic rings. The van der Waals surface area contributed by atoms with Crippen LogP contribution in [0.15, 0.2) is 60.7 Å². The van der Waals surface area contributed by atoms with Crippen molar-refractivity contribution in [2.24, 2.45) is 0 Å². The van der Waals surface area contributed by atoms with Gasteiger partial charge in [-0.15, -0.1) is 0 Å². The number of phenolic OH excluding ortho intramolecular Hbond substituents is 2. The smallest absolute Gasteiger partial charge is 0.331 e. The van der Waals surface area contributed by atoms with E-state index in [9.17, 15) is 55.9 Å². The predicted octanol–water partition coefficient (Wildman–Crippen LogP) is -2.13. The largest absolute Gasteiger partial charge is 0.508 e. The van der Waals surface area contributed by atoms with Crippen LogP contribution in [0.2, 0.25) is 0 Å². The third kappa shape index (κ3) is 9.99. The molecule has 15 atom stereocenters. The van der Waals surface area contributed by atoms with Gasteiger partial charge in [0.2, 0.25) is 0 Å². The topological polar surface area (TPSA) is 284 Å². The highest BCUT2D eigenvalue weighted by Crippen LogP contribution is 2.33. The molecule has 18 nitrogen and oxygen atoms in total. The lowest BCUT2D eigenvalue weighted by Crippen LogP contribution is -2.66. The second-order valence-electron chi connectivity index (χ2n) is 13.0. The quantitative estimate of drug-likeness (QED) is 0.0770. The van der Waals surface area contributed by atoms with Crippen molar-refractivity contribution in [3.63, 3.8) is 0 Å². The molecule has 3 saturated heterocycles.